The highest BCUT2D eigenvalue weighted by atomic mass is 16.5. The van der Waals surface area contributed by atoms with Gasteiger partial charge in [-0.05, 0) is 39.0 Å². The van der Waals surface area contributed by atoms with Crippen molar-refractivity contribution in [3.63, 3.8) is 0 Å². The van der Waals surface area contributed by atoms with Crippen LogP contribution in [0.1, 0.15) is 20.8 Å². The lowest BCUT2D eigenvalue weighted by atomic mass is 10.1. The fraction of sp³-hybridized carbons (Fsp3) is 0.357. The Labute approximate surface area is 102 Å². The molecule has 3 heteroatoms. The predicted molar refractivity (Wildman–Crippen MR) is 69.2 cm³/mol. The van der Waals surface area contributed by atoms with Gasteiger partial charge in [-0.15, -0.1) is 0 Å². The first-order chi connectivity index (χ1) is 8.00. The van der Waals surface area contributed by atoms with Gasteiger partial charge in [0.15, 0.2) is 0 Å². The standard InChI is InChI=1S/C14H18N2O/c1-14(2,3)16-9-8-13(15-16)11-6-5-7-12(10-11)17-4/h5-10H,1-4H3. The molecule has 2 aromatic rings. The largest absolute Gasteiger partial charge is 0.497 e. The molecule has 0 aliphatic carbocycles. The molecule has 0 atom stereocenters. The second-order valence-electron chi connectivity index (χ2n) is 5.05. The van der Waals surface area contributed by atoms with E-state index in [9.17, 15) is 0 Å². The zero-order valence-electron chi connectivity index (χ0n) is 10.8. The van der Waals surface area contributed by atoms with Crippen LogP contribution in [0.5, 0.6) is 5.75 Å². The summed E-state index contributed by atoms with van der Waals surface area (Å²) in [6.45, 7) is 6.40. The third-order valence-corrected chi connectivity index (χ3v) is 2.64. The molecule has 0 N–H and O–H groups in total. The number of ether oxygens (including phenoxy) is 1. The topological polar surface area (TPSA) is 27.1 Å². The first-order valence-corrected chi connectivity index (χ1v) is 5.71. The maximum atomic E-state index is 5.22. The Balaban J connectivity index is 2.37. The molecule has 0 amide bonds. The molecule has 1 aromatic heterocycles. The summed E-state index contributed by atoms with van der Waals surface area (Å²) in [7, 11) is 1.67. The summed E-state index contributed by atoms with van der Waals surface area (Å²) >= 11 is 0. The number of hydrogen-bond donors (Lipinski definition) is 0. The molecule has 1 aromatic carbocycles. The number of hydrogen-bond acceptors (Lipinski definition) is 2. The average Bonchev–Trinajstić information content (AvgIpc) is 2.78. The average molecular weight is 230 g/mol. The van der Waals surface area contributed by atoms with Crippen molar-refractivity contribution in [1.82, 2.24) is 9.78 Å². The normalized spacial score (nSPS) is 11.5. The SMILES string of the molecule is COc1cccc(-c2ccn(C(C)(C)C)n2)c1. The number of benzene rings is 1. The highest BCUT2D eigenvalue weighted by Crippen LogP contribution is 2.23. The van der Waals surface area contributed by atoms with Crippen molar-refractivity contribution in [1.29, 1.82) is 0 Å². The zero-order chi connectivity index (χ0) is 12.5. The third kappa shape index (κ3) is 2.49. The molecule has 0 saturated heterocycles. The molecule has 0 aliphatic heterocycles. The van der Waals surface area contributed by atoms with Crippen LogP contribution in [-0.2, 0) is 5.54 Å². The van der Waals surface area contributed by atoms with Gasteiger partial charge in [0, 0.05) is 11.8 Å². The lowest BCUT2D eigenvalue weighted by Crippen LogP contribution is -2.22. The van der Waals surface area contributed by atoms with Gasteiger partial charge in [-0.25, -0.2) is 0 Å². The highest BCUT2D eigenvalue weighted by Gasteiger charge is 2.14. The van der Waals surface area contributed by atoms with Crippen LogP contribution < -0.4 is 4.74 Å². The maximum Gasteiger partial charge on any atom is 0.119 e. The number of nitrogens with zero attached hydrogens (tertiary/aromatic N) is 2. The lowest BCUT2D eigenvalue weighted by Gasteiger charge is -2.18. The van der Waals surface area contributed by atoms with Crippen LogP contribution >= 0.6 is 0 Å². The van der Waals surface area contributed by atoms with Gasteiger partial charge in [-0.1, -0.05) is 12.1 Å². The van der Waals surface area contributed by atoms with Crippen molar-refractivity contribution in [3.05, 3.63) is 36.5 Å². The quantitative estimate of drug-likeness (QED) is 0.791. The lowest BCUT2D eigenvalue weighted by molar-refractivity contribution is 0.356. The summed E-state index contributed by atoms with van der Waals surface area (Å²) in [6, 6.07) is 9.97. The molecule has 3 nitrogen and oxygen atoms in total. The van der Waals surface area contributed by atoms with Crippen molar-refractivity contribution in [3.8, 4) is 17.0 Å². The van der Waals surface area contributed by atoms with E-state index in [1.54, 1.807) is 7.11 Å². The Kier molecular flexibility index (Phi) is 2.92. The minimum atomic E-state index is 0.0110. The van der Waals surface area contributed by atoms with Crippen LogP contribution in [0.3, 0.4) is 0 Å². The Morgan fingerprint density at radius 3 is 2.53 bits per heavy atom. The first-order valence-electron chi connectivity index (χ1n) is 5.71. The van der Waals surface area contributed by atoms with Gasteiger partial charge in [0.2, 0.25) is 0 Å². The monoisotopic (exact) mass is 230 g/mol. The van der Waals surface area contributed by atoms with Crippen LogP contribution in [0, 0.1) is 0 Å². The zero-order valence-corrected chi connectivity index (χ0v) is 10.8. The highest BCUT2D eigenvalue weighted by molar-refractivity contribution is 5.60. The molecular weight excluding hydrogens is 212 g/mol. The molecule has 0 radical (unpaired) electrons. The van der Waals surface area contributed by atoms with Crippen LogP contribution in [-0.4, -0.2) is 16.9 Å². The molecule has 2 rings (SSSR count). The molecule has 0 aliphatic rings. The fourth-order valence-electron chi connectivity index (χ4n) is 1.63. The molecule has 0 fully saturated rings. The number of rotatable bonds is 2. The summed E-state index contributed by atoms with van der Waals surface area (Å²) < 4.78 is 7.19. The van der Waals surface area contributed by atoms with Crippen molar-refractivity contribution >= 4 is 0 Å². The minimum Gasteiger partial charge on any atom is -0.497 e. The van der Waals surface area contributed by atoms with Crippen molar-refractivity contribution in [2.45, 2.75) is 26.3 Å². The Morgan fingerprint density at radius 1 is 1.18 bits per heavy atom. The summed E-state index contributed by atoms with van der Waals surface area (Å²) in [5, 5.41) is 4.59. The molecule has 0 bridgehead atoms. The van der Waals surface area contributed by atoms with Gasteiger partial charge in [0.25, 0.3) is 0 Å². The van der Waals surface area contributed by atoms with Crippen molar-refractivity contribution in [2.24, 2.45) is 0 Å². The molecule has 1 heterocycles. The van der Waals surface area contributed by atoms with Gasteiger partial charge in [-0.2, -0.15) is 5.10 Å². The van der Waals surface area contributed by atoms with E-state index in [0.717, 1.165) is 17.0 Å². The molecule has 0 spiro atoms. The van der Waals surface area contributed by atoms with Gasteiger partial charge in [0.1, 0.15) is 5.75 Å². The second-order valence-corrected chi connectivity index (χ2v) is 5.05. The first kappa shape index (κ1) is 11.7. The van der Waals surface area contributed by atoms with Crippen molar-refractivity contribution < 1.29 is 4.74 Å². The molecule has 90 valence electrons. The van der Waals surface area contributed by atoms with E-state index in [-0.39, 0.29) is 5.54 Å². The summed E-state index contributed by atoms with van der Waals surface area (Å²) in [6.07, 6.45) is 2.01. The van der Waals surface area contributed by atoms with Crippen LogP contribution in [0.25, 0.3) is 11.3 Å². The minimum absolute atomic E-state index is 0.0110. The van der Waals surface area contributed by atoms with E-state index in [1.165, 1.54) is 0 Å². The van der Waals surface area contributed by atoms with Gasteiger partial charge in [-0.3, -0.25) is 4.68 Å². The Bertz CT molecular complexity index is 509. The van der Waals surface area contributed by atoms with E-state index >= 15 is 0 Å². The molecule has 0 unspecified atom stereocenters. The van der Waals surface area contributed by atoms with E-state index in [2.05, 4.69) is 25.9 Å². The van der Waals surface area contributed by atoms with E-state index in [4.69, 9.17) is 4.74 Å². The molecular formula is C14H18N2O. The smallest absolute Gasteiger partial charge is 0.119 e. The van der Waals surface area contributed by atoms with Crippen molar-refractivity contribution in [2.75, 3.05) is 7.11 Å². The number of aromatic nitrogens is 2. The Morgan fingerprint density at radius 2 is 1.94 bits per heavy atom. The van der Waals surface area contributed by atoms with E-state index in [0.29, 0.717) is 0 Å². The predicted octanol–water partition coefficient (Wildman–Crippen LogP) is 3.31. The molecule has 0 saturated carbocycles. The summed E-state index contributed by atoms with van der Waals surface area (Å²) in [4.78, 5) is 0. The van der Waals surface area contributed by atoms with Gasteiger partial charge in [0.05, 0.1) is 18.3 Å². The van der Waals surface area contributed by atoms with Gasteiger partial charge >= 0.3 is 0 Å². The van der Waals surface area contributed by atoms with E-state index in [1.807, 2.05) is 41.2 Å². The summed E-state index contributed by atoms with van der Waals surface area (Å²) in [5.41, 5.74) is 2.06. The maximum absolute atomic E-state index is 5.22. The van der Waals surface area contributed by atoms with Gasteiger partial charge < -0.3 is 4.74 Å². The van der Waals surface area contributed by atoms with Crippen LogP contribution in [0.2, 0.25) is 0 Å². The second kappa shape index (κ2) is 4.24. The fourth-order valence-corrected chi connectivity index (χ4v) is 1.63. The summed E-state index contributed by atoms with van der Waals surface area (Å²) in [5.74, 6) is 0.854. The third-order valence-electron chi connectivity index (χ3n) is 2.64. The van der Waals surface area contributed by atoms with E-state index < -0.39 is 0 Å². The van der Waals surface area contributed by atoms with Crippen LogP contribution in [0.4, 0.5) is 0 Å². The Hall–Kier alpha value is -1.77. The number of methoxy groups -OCH3 is 1. The molecule has 17 heavy (non-hydrogen) atoms. The van der Waals surface area contributed by atoms with Crippen LogP contribution in [0.15, 0.2) is 36.5 Å².